The molecule has 0 radical (unpaired) electrons. The molecule has 0 aliphatic rings. The van der Waals surface area contributed by atoms with Gasteiger partial charge in [0.25, 0.3) is 0 Å². The highest BCUT2D eigenvalue weighted by Crippen LogP contribution is 2.11. The van der Waals surface area contributed by atoms with Gasteiger partial charge < -0.3 is 5.11 Å². The highest BCUT2D eigenvalue weighted by atomic mass is 16.3. The molecular formula is C10H20N2O. The van der Waals surface area contributed by atoms with Crippen molar-refractivity contribution in [2.45, 2.75) is 38.6 Å². The van der Waals surface area contributed by atoms with Crippen LogP contribution in [0.4, 0.5) is 0 Å². The highest BCUT2D eigenvalue weighted by molar-refractivity contribution is 4.78. The summed E-state index contributed by atoms with van der Waals surface area (Å²) in [5.41, 5.74) is -0.146. The molecule has 13 heavy (non-hydrogen) atoms. The van der Waals surface area contributed by atoms with Crippen molar-refractivity contribution in [2.24, 2.45) is 0 Å². The summed E-state index contributed by atoms with van der Waals surface area (Å²) >= 11 is 0. The second-order valence-electron chi connectivity index (χ2n) is 4.01. The van der Waals surface area contributed by atoms with Crippen molar-refractivity contribution in [2.75, 3.05) is 20.2 Å². The summed E-state index contributed by atoms with van der Waals surface area (Å²) in [6, 6.07) is 2.13. The molecule has 3 nitrogen and oxygen atoms in total. The molecule has 0 atom stereocenters. The van der Waals surface area contributed by atoms with Gasteiger partial charge in [-0.3, -0.25) is 4.90 Å². The Hall–Kier alpha value is -0.590. The van der Waals surface area contributed by atoms with E-state index in [1.165, 1.54) is 0 Å². The monoisotopic (exact) mass is 184 g/mol. The van der Waals surface area contributed by atoms with Crippen molar-refractivity contribution in [3.63, 3.8) is 0 Å². The van der Waals surface area contributed by atoms with E-state index < -0.39 is 0 Å². The molecule has 76 valence electrons. The average Bonchev–Trinajstić information content (AvgIpc) is 2.12. The Morgan fingerprint density at radius 1 is 1.38 bits per heavy atom. The largest absolute Gasteiger partial charge is 0.394 e. The Morgan fingerprint density at radius 2 is 2.00 bits per heavy atom. The molecule has 3 heteroatoms. The summed E-state index contributed by atoms with van der Waals surface area (Å²) in [6.45, 7) is 5.13. The molecule has 1 N–H and O–H groups in total. The van der Waals surface area contributed by atoms with Gasteiger partial charge in [0.2, 0.25) is 0 Å². The Bertz CT molecular complexity index is 172. The fourth-order valence-electron chi connectivity index (χ4n) is 0.976. The molecule has 0 aromatic rings. The molecule has 0 fully saturated rings. The molecular weight excluding hydrogens is 164 g/mol. The van der Waals surface area contributed by atoms with E-state index in [1.54, 1.807) is 0 Å². The molecule has 0 saturated carbocycles. The normalized spacial score (nSPS) is 11.7. The molecule has 0 rings (SSSR count). The molecule has 0 unspecified atom stereocenters. The molecule has 0 aromatic heterocycles. The second-order valence-corrected chi connectivity index (χ2v) is 4.01. The number of hydrogen-bond donors (Lipinski definition) is 1. The van der Waals surface area contributed by atoms with Crippen LogP contribution in [-0.4, -0.2) is 35.7 Å². The molecule has 0 aromatic carbocycles. The van der Waals surface area contributed by atoms with Gasteiger partial charge in [0, 0.05) is 12.0 Å². The Balaban J connectivity index is 3.63. The lowest BCUT2D eigenvalue weighted by molar-refractivity contribution is 0.0779. The first-order valence-corrected chi connectivity index (χ1v) is 4.73. The number of aliphatic hydroxyl groups is 1. The van der Waals surface area contributed by atoms with E-state index in [0.29, 0.717) is 6.42 Å². The van der Waals surface area contributed by atoms with E-state index in [9.17, 15) is 0 Å². The van der Waals surface area contributed by atoms with Crippen molar-refractivity contribution in [3.05, 3.63) is 0 Å². The number of hydrogen-bond acceptors (Lipinski definition) is 3. The van der Waals surface area contributed by atoms with Crippen LogP contribution in [0, 0.1) is 11.3 Å². The SMILES string of the molecule is CN(CCCCC#N)C(C)(C)CO. The zero-order chi connectivity index (χ0) is 10.3. The van der Waals surface area contributed by atoms with Crippen LogP contribution in [0.1, 0.15) is 33.1 Å². The van der Waals surface area contributed by atoms with Crippen LogP contribution in [-0.2, 0) is 0 Å². The summed E-state index contributed by atoms with van der Waals surface area (Å²) in [4.78, 5) is 2.13. The zero-order valence-electron chi connectivity index (χ0n) is 8.88. The molecule has 0 amide bonds. The maximum Gasteiger partial charge on any atom is 0.0621 e. The Morgan fingerprint density at radius 3 is 2.46 bits per heavy atom. The van der Waals surface area contributed by atoms with Crippen LogP contribution in [0.25, 0.3) is 0 Å². The van der Waals surface area contributed by atoms with Crippen molar-refractivity contribution >= 4 is 0 Å². The number of nitriles is 1. The van der Waals surface area contributed by atoms with E-state index in [1.807, 2.05) is 20.9 Å². The minimum absolute atomic E-state index is 0.146. The third-order valence-electron chi connectivity index (χ3n) is 2.45. The summed E-state index contributed by atoms with van der Waals surface area (Å²) in [5, 5.41) is 17.4. The minimum Gasteiger partial charge on any atom is -0.394 e. The van der Waals surface area contributed by atoms with Gasteiger partial charge in [0.15, 0.2) is 0 Å². The molecule has 0 spiro atoms. The van der Waals surface area contributed by atoms with Gasteiger partial charge in [-0.1, -0.05) is 0 Å². The summed E-state index contributed by atoms with van der Waals surface area (Å²) in [7, 11) is 2.00. The van der Waals surface area contributed by atoms with Crippen LogP contribution in [0.5, 0.6) is 0 Å². The van der Waals surface area contributed by atoms with E-state index in [4.69, 9.17) is 10.4 Å². The quantitative estimate of drug-likeness (QED) is 0.634. The predicted molar refractivity (Wildman–Crippen MR) is 53.3 cm³/mol. The van der Waals surface area contributed by atoms with Crippen molar-refractivity contribution in [1.29, 1.82) is 5.26 Å². The lowest BCUT2D eigenvalue weighted by atomic mass is 10.0. The number of nitrogens with zero attached hydrogens (tertiary/aromatic N) is 2. The van der Waals surface area contributed by atoms with Crippen molar-refractivity contribution in [1.82, 2.24) is 4.90 Å². The molecule has 0 heterocycles. The molecule has 0 saturated heterocycles. The molecule has 0 aliphatic carbocycles. The van der Waals surface area contributed by atoms with Gasteiger partial charge in [0.05, 0.1) is 12.7 Å². The number of unbranched alkanes of at least 4 members (excludes halogenated alkanes) is 2. The molecule has 0 aliphatic heterocycles. The number of aliphatic hydroxyl groups excluding tert-OH is 1. The topological polar surface area (TPSA) is 47.3 Å². The van der Waals surface area contributed by atoms with Gasteiger partial charge >= 0.3 is 0 Å². The maximum atomic E-state index is 9.07. The zero-order valence-corrected chi connectivity index (χ0v) is 8.88. The van der Waals surface area contributed by atoms with E-state index >= 15 is 0 Å². The summed E-state index contributed by atoms with van der Waals surface area (Å²) < 4.78 is 0. The van der Waals surface area contributed by atoms with Crippen LogP contribution >= 0.6 is 0 Å². The fraction of sp³-hybridized carbons (Fsp3) is 0.900. The third-order valence-corrected chi connectivity index (χ3v) is 2.45. The lowest BCUT2D eigenvalue weighted by Gasteiger charge is -2.33. The van der Waals surface area contributed by atoms with Crippen LogP contribution in [0.2, 0.25) is 0 Å². The minimum atomic E-state index is -0.146. The van der Waals surface area contributed by atoms with Crippen molar-refractivity contribution in [3.8, 4) is 6.07 Å². The summed E-state index contributed by atoms with van der Waals surface area (Å²) in [5.74, 6) is 0. The van der Waals surface area contributed by atoms with Crippen LogP contribution < -0.4 is 0 Å². The van der Waals surface area contributed by atoms with Gasteiger partial charge in [-0.05, 0) is 40.3 Å². The maximum absolute atomic E-state index is 9.07. The van der Waals surface area contributed by atoms with E-state index in [0.717, 1.165) is 19.4 Å². The standard InChI is InChI=1S/C10H20N2O/c1-10(2,9-13)12(3)8-6-4-5-7-11/h13H,4-6,8-9H2,1-3H3. The predicted octanol–water partition coefficient (Wildman–Crippen LogP) is 1.38. The van der Waals surface area contributed by atoms with Gasteiger partial charge in [-0.15, -0.1) is 0 Å². The van der Waals surface area contributed by atoms with Crippen LogP contribution in [0.3, 0.4) is 0 Å². The van der Waals surface area contributed by atoms with Crippen molar-refractivity contribution < 1.29 is 5.11 Å². The Labute approximate surface area is 81.0 Å². The van der Waals surface area contributed by atoms with Gasteiger partial charge in [0.1, 0.15) is 0 Å². The Kier molecular flexibility index (Phi) is 5.68. The number of likely N-dealkylation sites (N-methyl/N-ethyl adjacent to an activating group) is 1. The van der Waals surface area contributed by atoms with Crippen LogP contribution in [0.15, 0.2) is 0 Å². The first kappa shape index (κ1) is 12.4. The third kappa shape index (κ3) is 4.87. The molecule has 0 bridgehead atoms. The number of rotatable bonds is 6. The van der Waals surface area contributed by atoms with E-state index in [2.05, 4.69) is 11.0 Å². The average molecular weight is 184 g/mol. The summed E-state index contributed by atoms with van der Waals surface area (Å²) in [6.07, 6.45) is 2.60. The van der Waals surface area contributed by atoms with Gasteiger partial charge in [-0.2, -0.15) is 5.26 Å². The fourth-order valence-corrected chi connectivity index (χ4v) is 0.976. The first-order chi connectivity index (χ1) is 6.04. The smallest absolute Gasteiger partial charge is 0.0621 e. The highest BCUT2D eigenvalue weighted by Gasteiger charge is 2.21. The van der Waals surface area contributed by atoms with E-state index in [-0.39, 0.29) is 12.1 Å². The second kappa shape index (κ2) is 5.95. The lowest BCUT2D eigenvalue weighted by Crippen LogP contribution is -2.44. The van der Waals surface area contributed by atoms with Gasteiger partial charge in [-0.25, -0.2) is 0 Å². The first-order valence-electron chi connectivity index (χ1n) is 4.73.